The Morgan fingerprint density at radius 2 is 2.04 bits per heavy atom. The lowest BCUT2D eigenvalue weighted by molar-refractivity contribution is -0.116. The number of aryl methyl sites for hydroxylation is 2. The summed E-state index contributed by atoms with van der Waals surface area (Å²) in [6.07, 6.45) is 0.826. The molecule has 130 valence electrons. The lowest BCUT2D eigenvalue weighted by Crippen LogP contribution is -2.13. The summed E-state index contributed by atoms with van der Waals surface area (Å²) in [4.78, 5) is 28.9. The minimum absolute atomic E-state index is 0.115. The van der Waals surface area contributed by atoms with Crippen molar-refractivity contribution >= 4 is 28.3 Å². The molecule has 8 heteroatoms. The third-order valence-electron chi connectivity index (χ3n) is 3.59. The van der Waals surface area contributed by atoms with E-state index in [0.29, 0.717) is 11.6 Å². The zero-order valence-electron chi connectivity index (χ0n) is 14.4. The molecule has 0 aliphatic rings. The zero-order chi connectivity index (χ0) is 17.9. The monoisotopic (exact) mass is 351 g/mol. The Hall–Kier alpha value is -2.22. The third kappa shape index (κ3) is 4.00. The van der Waals surface area contributed by atoms with Gasteiger partial charge in [0, 0.05) is 16.9 Å². The fourth-order valence-corrected chi connectivity index (χ4v) is 3.27. The van der Waals surface area contributed by atoms with Gasteiger partial charge in [0.15, 0.2) is 10.8 Å². The number of nitrogens with zero attached hydrogens (tertiary/aromatic N) is 2. The molecule has 0 saturated heterocycles. The van der Waals surface area contributed by atoms with Crippen molar-refractivity contribution in [3.8, 4) is 0 Å². The second kappa shape index (κ2) is 7.57. The van der Waals surface area contributed by atoms with Crippen LogP contribution in [0.2, 0.25) is 0 Å². The summed E-state index contributed by atoms with van der Waals surface area (Å²) in [6.45, 7) is 7.60. The molecule has 0 atom stereocenters. The van der Waals surface area contributed by atoms with Crippen molar-refractivity contribution in [2.75, 3.05) is 12.4 Å². The Morgan fingerprint density at radius 3 is 2.58 bits per heavy atom. The Labute approximate surface area is 144 Å². The van der Waals surface area contributed by atoms with Crippen LogP contribution in [0, 0.1) is 13.8 Å². The first kappa shape index (κ1) is 18.1. The van der Waals surface area contributed by atoms with Gasteiger partial charge in [-0.25, -0.2) is 9.78 Å². The second-order valence-electron chi connectivity index (χ2n) is 5.73. The van der Waals surface area contributed by atoms with Crippen molar-refractivity contribution in [3.63, 3.8) is 0 Å². The topological polar surface area (TPSA) is 94.3 Å². The van der Waals surface area contributed by atoms with Gasteiger partial charge in [-0.1, -0.05) is 19.0 Å². The molecule has 2 rings (SSSR count). The van der Waals surface area contributed by atoms with Crippen LogP contribution in [-0.4, -0.2) is 29.1 Å². The molecule has 1 amide bonds. The summed E-state index contributed by atoms with van der Waals surface area (Å²) in [5.41, 5.74) is 2.01. The molecule has 1 N–H and O–H groups in total. The first-order chi connectivity index (χ1) is 11.3. The van der Waals surface area contributed by atoms with Crippen molar-refractivity contribution < 1.29 is 18.8 Å². The highest BCUT2D eigenvalue weighted by Crippen LogP contribution is 2.30. The van der Waals surface area contributed by atoms with E-state index in [0.717, 1.165) is 21.9 Å². The lowest BCUT2D eigenvalue weighted by atomic mass is 10.1. The predicted octanol–water partition coefficient (Wildman–Crippen LogP) is 3.23. The average Bonchev–Trinajstić information content (AvgIpc) is 3.09. The maximum atomic E-state index is 12.1. The van der Waals surface area contributed by atoms with Crippen LogP contribution < -0.4 is 5.32 Å². The molecule has 24 heavy (non-hydrogen) atoms. The van der Waals surface area contributed by atoms with Crippen molar-refractivity contribution in [1.82, 2.24) is 10.1 Å². The number of aromatic nitrogens is 2. The molecule has 0 aromatic carbocycles. The van der Waals surface area contributed by atoms with Crippen LogP contribution in [0.1, 0.15) is 58.6 Å². The van der Waals surface area contributed by atoms with Crippen LogP contribution in [0.5, 0.6) is 0 Å². The highest BCUT2D eigenvalue weighted by Gasteiger charge is 2.22. The maximum absolute atomic E-state index is 12.1. The summed E-state index contributed by atoms with van der Waals surface area (Å²) >= 11 is 1.29. The molecule has 0 bridgehead atoms. The summed E-state index contributed by atoms with van der Waals surface area (Å²) in [5.74, 6) is 0.177. The van der Waals surface area contributed by atoms with E-state index in [1.165, 1.54) is 18.4 Å². The number of carbonyl (C=O) groups is 2. The van der Waals surface area contributed by atoms with E-state index in [9.17, 15) is 9.59 Å². The highest BCUT2D eigenvalue weighted by atomic mass is 32.1. The number of ether oxygens (including phenoxy) is 1. The van der Waals surface area contributed by atoms with Gasteiger partial charge >= 0.3 is 5.97 Å². The minimum atomic E-state index is -0.494. The zero-order valence-corrected chi connectivity index (χ0v) is 15.2. The van der Waals surface area contributed by atoms with Gasteiger partial charge in [-0.3, -0.25) is 4.79 Å². The van der Waals surface area contributed by atoms with Gasteiger partial charge in [0.2, 0.25) is 5.91 Å². The Bertz CT molecular complexity index is 729. The van der Waals surface area contributed by atoms with E-state index in [-0.39, 0.29) is 23.9 Å². The largest absolute Gasteiger partial charge is 0.464 e. The van der Waals surface area contributed by atoms with Crippen LogP contribution in [0.25, 0.3) is 0 Å². The first-order valence-corrected chi connectivity index (χ1v) is 8.45. The summed E-state index contributed by atoms with van der Waals surface area (Å²) in [6, 6.07) is 0. The molecule has 0 aliphatic heterocycles. The molecule has 0 aliphatic carbocycles. The van der Waals surface area contributed by atoms with Crippen molar-refractivity contribution in [3.05, 3.63) is 27.6 Å². The molecule has 2 aromatic rings. The van der Waals surface area contributed by atoms with Crippen molar-refractivity contribution in [1.29, 1.82) is 0 Å². The van der Waals surface area contributed by atoms with Gasteiger partial charge in [0.1, 0.15) is 5.76 Å². The van der Waals surface area contributed by atoms with Crippen molar-refractivity contribution in [2.45, 2.75) is 46.5 Å². The molecular weight excluding hydrogens is 330 g/mol. The van der Waals surface area contributed by atoms with E-state index in [1.54, 1.807) is 0 Å². The maximum Gasteiger partial charge on any atom is 0.357 e. The molecule has 0 fully saturated rings. The highest BCUT2D eigenvalue weighted by molar-refractivity contribution is 7.16. The van der Waals surface area contributed by atoms with Crippen LogP contribution in [0.4, 0.5) is 5.13 Å². The van der Waals surface area contributed by atoms with Crippen LogP contribution in [0.3, 0.4) is 0 Å². The van der Waals surface area contributed by atoms with Gasteiger partial charge in [-0.05, 0) is 26.2 Å². The number of anilines is 1. The standard InChI is InChI=1S/C16H21N3O4S/c1-8(2)14-13(15(21)22-5)18-16(24-14)17-12(20)7-6-11-9(3)19-23-10(11)4/h8H,6-7H2,1-5H3,(H,17,18,20). The van der Waals surface area contributed by atoms with E-state index in [1.807, 2.05) is 27.7 Å². The van der Waals surface area contributed by atoms with E-state index in [2.05, 4.69) is 15.5 Å². The number of methoxy groups -OCH3 is 1. The molecule has 2 heterocycles. The second-order valence-corrected chi connectivity index (χ2v) is 6.76. The lowest BCUT2D eigenvalue weighted by Gasteiger charge is -2.02. The van der Waals surface area contributed by atoms with Crippen LogP contribution in [-0.2, 0) is 16.0 Å². The fourth-order valence-electron chi connectivity index (χ4n) is 2.30. The van der Waals surface area contributed by atoms with Gasteiger partial charge in [0.25, 0.3) is 0 Å². The van der Waals surface area contributed by atoms with Gasteiger partial charge in [0.05, 0.1) is 12.8 Å². The number of nitrogens with one attached hydrogen (secondary N) is 1. The number of amides is 1. The first-order valence-electron chi connectivity index (χ1n) is 7.64. The summed E-state index contributed by atoms with van der Waals surface area (Å²) in [5, 5.41) is 7.03. The molecule has 0 spiro atoms. The minimum Gasteiger partial charge on any atom is -0.464 e. The molecule has 2 aromatic heterocycles. The molecule has 0 radical (unpaired) electrons. The number of esters is 1. The third-order valence-corrected chi connectivity index (χ3v) is 4.86. The Kier molecular flexibility index (Phi) is 5.71. The molecule has 0 saturated carbocycles. The van der Waals surface area contributed by atoms with E-state index in [4.69, 9.17) is 9.26 Å². The van der Waals surface area contributed by atoms with Crippen LogP contribution >= 0.6 is 11.3 Å². The summed E-state index contributed by atoms with van der Waals surface area (Å²) in [7, 11) is 1.31. The number of hydrogen-bond acceptors (Lipinski definition) is 7. The number of carbonyl (C=O) groups excluding carboxylic acids is 2. The fraction of sp³-hybridized carbons (Fsp3) is 0.500. The molecule has 7 nitrogen and oxygen atoms in total. The number of hydrogen-bond donors (Lipinski definition) is 1. The van der Waals surface area contributed by atoms with Crippen molar-refractivity contribution in [2.24, 2.45) is 0 Å². The number of thiazole rings is 1. The average molecular weight is 351 g/mol. The number of rotatable bonds is 6. The Balaban J connectivity index is 2.05. The Morgan fingerprint density at radius 1 is 1.33 bits per heavy atom. The van der Waals surface area contributed by atoms with E-state index >= 15 is 0 Å². The normalized spacial score (nSPS) is 10.9. The smallest absolute Gasteiger partial charge is 0.357 e. The molecular formula is C16H21N3O4S. The van der Waals surface area contributed by atoms with Gasteiger partial charge in [-0.15, -0.1) is 11.3 Å². The van der Waals surface area contributed by atoms with Crippen LogP contribution in [0.15, 0.2) is 4.52 Å². The van der Waals surface area contributed by atoms with Gasteiger partial charge in [-0.2, -0.15) is 0 Å². The SMILES string of the molecule is COC(=O)c1nc(NC(=O)CCc2c(C)noc2C)sc1C(C)C. The summed E-state index contributed by atoms with van der Waals surface area (Å²) < 4.78 is 9.83. The quantitative estimate of drug-likeness (QED) is 0.803. The molecule has 0 unspecified atom stereocenters. The van der Waals surface area contributed by atoms with E-state index < -0.39 is 5.97 Å². The van der Waals surface area contributed by atoms with Gasteiger partial charge < -0.3 is 14.6 Å². The predicted molar refractivity (Wildman–Crippen MR) is 90.5 cm³/mol.